The molecule has 0 atom stereocenters. The lowest BCUT2D eigenvalue weighted by Crippen LogP contribution is -2.33. The molecule has 1 fully saturated rings. The fourth-order valence-corrected chi connectivity index (χ4v) is 3.92. The molecule has 1 aromatic rings. The Morgan fingerprint density at radius 1 is 1.38 bits per heavy atom. The Kier molecular flexibility index (Phi) is 5.74. The highest BCUT2D eigenvalue weighted by molar-refractivity contribution is 7.89. The third kappa shape index (κ3) is 4.26. The third-order valence-electron chi connectivity index (χ3n) is 3.68. The highest BCUT2D eigenvalue weighted by atomic mass is 32.2. The van der Waals surface area contributed by atoms with Gasteiger partial charge in [0.05, 0.1) is 11.4 Å². The summed E-state index contributed by atoms with van der Waals surface area (Å²) in [7, 11) is -3.53. The summed E-state index contributed by atoms with van der Waals surface area (Å²) in [6, 6.07) is 0. The average Bonchev–Trinajstić information content (AvgIpc) is 2.86. The number of H-pyrrole nitrogens is 1. The van der Waals surface area contributed by atoms with Crippen molar-refractivity contribution in [3.8, 4) is 0 Å². The average molecular weight is 316 g/mol. The summed E-state index contributed by atoms with van der Waals surface area (Å²) in [6.07, 6.45) is 1.80. The number of nitrogens with zero attached hydrogens (tertiary/aromatic N) is 1. The van der Waals surface area contributed by atoms with Crippen LogP contribution in [0.3, 0.4) is 0 Å². The van der Waals surface area contributed by atoms with E-state index in [4.69, 9.17) is 4.74 Å². The number of sulfonamides is 1. The number of ether oxygens (including phenoxy) is 1. The van der Waals surface area contributed by atoms with Crippen LogP contribution in [0.5, 0.6) is 0 Å². The fraction of sp³-hybridized carbons (Fsp3) is 0.769. The van der Waals surface area contributed by atoms with Crippen molar-refractivity contribution in [2.75, 3.05) is 26.3 Å². The summed E-state index contributed by atoms with van der Waals surface area (Å²) >= 11 is 0. The molecule has 1 aromatic heterocycles. The van der Waals surface area contributed by atoms with Crippen molar-refractivity contribution in [2.24, 2.45) is 5.92 Å². The summed E-state index contributed by atoms with van der Waals surface area (Å²) in [5, 5.41) is 9.95. The van der Waals surface area contributed by atoms with Crippen molar-refractivity contribution in [3.63, 3.8) is 0 Å². The first kappa shape index (κ1) is 16.4. The Hall–Kier alpha value is -0.960. The lowest BCUT2D eigenvalue weighted by Gasteiger charge is -2.22. The van der Waals surface area contributed by atoms with E-state index < -0.39 is 10.0 Å². The van der Waals surface area contributed by atoms with Crippen molar-refractivity contribution in [2.45, 2.75) is 38.1 Å². The minimum atomic E-state index is -3.53. The van der Waals surface area contributed by atoms with Crippen LogP contribution >= 0.6 is 0 Å². The molecule has 8 heteroatoms. The van der Waals surface area contributed by atoms with Crippen LogP contribution in [0.25, 0.3) is 0 Å². The van der Waals surface area contributed by atoms with Gasteiger partial charge in [0.25, 0.3) is 0 Å². The molecule has 0 aliphatic carbocycles. The Labute approximate surface area is 125 Å². The van der Waals surface area contributed by atoms with Crippen molar-refractivity contribution < 1.29 is 13.2 Å². The molecule has 2 rings (SSSR count). The predicted molar refractivity (Wildman–Crippen MR) is 79.4 cm³/mol. The number of aromatic nitrogens is 2. The molecular weight excluding hydrogens is 292 g/mol. The molecule has 2 heterocycles. The summed E-state index contributed by atoms with van der Waals surface area (Å²) < 4.78 is 33.0. The Balaban J connectivity index is 2.05. The lowest BCUT2D eigenvalue weighted by molar-refractivity contribution is 0.0678. The van der Waals surface area contributed by atoms with Crippen LogP contribution in [0.2, 0.25) is 0 Å². The SMILES string of the molecule is CCNCc1n[nH]c(C)c1S(=O)(=O)NCC1CCOCC1. The number of hydrogen-bond donors (Lipinski definition) is 3. The molecule has 7 nitrogen and oxygen atoms in total. The molecule has 21 heavy (non-hydrogen) atoms. The van der Waals surface area contributed by atoms with Gasteiger partial charge in [0, 0.05) is 26.3 Å². The molecule has 0 bridgehead atoms. The maximum Gasteiger partial charge on any atom is 0.244 e. The minimum absolute atomic E-state index is 0.274. The van der Waals surface area contributed by atoms with Crippen LogP contribution in [0.15, 0.2) is 4.90 Å². The fourth-order valence-electron chi connectivity index (χ4n) is 2.44. The molecule has 1 saturated heterocycles. The standard InChI is InChI=1S/C13H24N4O3S/c1-3-14-9-12-13(10(2)16-17-12)21(18,19)15-8-11-4-6-20-7-5-11/h11,14-15H,3-9H2,1-2H3,(H,16,17). The summed E-state index contributed by atoms with van der Waals surface area (Å²) in [5.41, 5.74) is 1.11. The van der Waals surface area contributed by atoms with E-state index in [1.54, 1.807) is 6.92 Å². The maximum absolute atomic E-state index is 12.5. The van der Waals surface area contributed by atoms with Crippen LogP contribution in [-0.2, 0) is 21.3 Å². The Morgan fingerprint density at radius 2 is 2.10 bits per heavy atom. The number of aryl methyl sites for hydroxylation is 1. The van der Waals surface area contributed by atoms with Gasteiger partial charge in [-0.3, -0.25) is 5.10 Å². The monoisotopic (exact) mass is 316 g/mol. The first-order chi connectivity index (χ1) is 10.0. The molecule has 0 radical (unpaired) electrons. The van der Waals surface area contributed by atoms with E-state index in [1.807, 2.05) is 6.92 Å². The highest BCUT2D eigenvalue weighted by Gasteiger charge is 2.25. The van der Waals surface area contributed by atoms with Gasteiger partial charge in [0.1, 0.15) is 4.90 Å². The van der Waals surface area contributed by atoms with Crippen molar-refractivity contribution in [1.82, 2.24) is 20.2 Å². The van der Waals surface area contributed by atoms with Gasteiger partial charge in [-0.15, -0.1) is 0 Å². The first-order valence-corrected chi connectivity index (χ1v) is 8.85. The molecule has 1 aliphatic rings. The van der Waals surface area contributed by atoms with Crippen LogP contribution in [0, 0.1) is 12.8 Å². The second-order valence-corrected chi connectivity index (χ2v) is 7.02. The van der Waals surface area contributed by atoms with Crippen LogP contribution in [0.1, 0.15) is 31.2 Å². The van der Waals surface area contributed by atoms with Crippen molar-refractivity contribution >= 4 is 10.0 Å². The van der Waals surface area contributed by atoms with E-state index in [0.29, 0.717) is 43.6 Å². The largest absolute Gasteiger partial charge is 0.381 e. The smallest absolute Gasteiger partial charge is 0.244 e. The highest BCUT2D eigenvalue weighted by Crippen LogP contribution is 2.19. The van der Waals surface area contributed by atoms with E-state index in [0.717, 1.165) is 19.4 Å². The second kappa shape index (κ2) is 7.35. The van der Waals surface area contributed by atoms with Crippen LogP contribution < -0.4 is 10.0 Å². The van der Waals surface area contributed by atoms with Gasteiger partial charge in [0.2, 0.25) is 10.0 Å². The Morgan fingerprint density at radius 3 is 2.76 bits per heavy atom. The van der Waals surface area contributed by atoms with Crippen molar-refractivity contribution in [3.05, 3.63) is 11.4 Å². The zero-order chi connectivity index (χ0) is 15.3. The molecule has 0 unspecified atom stereocenters. The van der Waals surface area contributed by atoms with Gasteiger partial charge in [-0.2, -0.15) is 5.10 Å². The van der Waals surface area contributed by atoms with Gasteiger partial charge in [-0.1, -0.05) is 6.92 Å². The second-order valence-electron chi connectivity index (χ2n) is 5.31. The zero-order valence-corrected chi connectivity index (χ0v) is 13.4. The summed E-state index contributed by atoms with van der Waals surface area (Å²) in [6.45, 7) is 6.78. The molecule has 0 spiro atoms. The van der Waals surface area contributed by atoms with E-state index in [1.165, 1.54) is 0 Å². The molecule has 120 valence electrons. The number of hydrogen-bond acceptors (Lipinski definition) is 5. The van der Waals surface area contributed by atoms with Crippen molar-refractivity contribution in [1.29, 1.82) is 0 Å². The van der Waals surface area contributed by atoms with Crippen LogP contribution in [-0.4, -0.2) is 44.9 Å². The summed E-state index contributed by atoms with van der Waals surface area (Å²) in [5.74, 6) is 0.345. The normalized spacial score (nSPS) is 17.2. The molecule has 0 aromatic carbocycles. The topological polar surface area (TPSA) is 96.1 Å². The lowest BCUT2D eigenvalue weighted by atomic mass is 10.0. The number of rotatable bonds is 7. The quantitative estimate of drug-likeness (QED) is 0.682. The summed E-state index contributed by atoms with van der Waals surface area (Å²) in [4.78, 5) is 0.274. The third-order valence-corrected chi connectivity index (χ3v) is 5.30. The maximum atomic E-state index is 12.5. The molecule has 3 N–H and O–H groups in total. The molecule has 1 aliphatic heterocycles. The van der Waals surface area contributed by atoms with Gasteiger partial charge < -0.3 is 10.1 Å². The predicted octanol–water partition coefficient (Wildman–Crippen LogP) is 0.533. The molecule has 0 saturated carbocycles. The molecule has 0 amide bonds. The minimum Gasteiger partial charge on any atom is -0.381 e. The van der Waals surface area contributed by atoms with Gasteiger partial charge in [-0.25, -0.2) is 13.1 Å². The number of aromatic amines is 1. The van der Waals surface area contributed by atoms with E-state index in [9.17, 15) is 8.42 Å². The van der Waals surface area contributed by atoms with E-state index >= 15 is 0 Å². The van der Waals surface area contributed by atoms with Gasteiger partial charge in [0.15, 0.2) is 0 Å². The van der Waals surface area contributed by atoms with Gasteiger partial charge >= 0.3 is 0 Å². The zero-order valence-electron chi connectivity index (χ0n) is 12.6. The first-order valence-electron chi connectivity index (χ1n) is 7.36. The number of nitrogens with one attached hydrogen (secondary N) is 3. The Bertz CT molecular complexity index is 550. The van der Waals surface area contributed by atoms with Crippen LogP contribution in [0.4, 0.5) is 0 Å². The molecular formula is C13H24N4O3S. The van der Waals surface area contributed by atoms with E-state index in [-0.39, 0.29) is 4.90 Å². The van der Waals surface area contributed by atoms with Gasteiger partial charge in [-0.05, 0) is 32.2 Å². The van der Waals surface area contributed by atoms with E-state index in [2.05, 4.69) is 20.2 Å².